The molecule has 40 heavy (non-hydrogen) atoms. The Bertz CT molecular complexity index is 1370. The lowest BCUT2D eigenvalue weighted by molar-refractivity contribution is -0.125. The summed E-state index contributed by atoms with van der Waals surface area (Å²) in [5.41, 5.74) is 2.03. The zero-order chi connectivity index (χ0) is 27.8. The summed E-state index contributed by atoms with van der Waals surface area (Å²) in [7, 11) is 3.41. The van der Waals surface area contributed by atoms with E-state index < -0.39 is 5.41 Å². The minimum absolute atomic E-state index is 0.0439. The van der Waals surface area contributed by atoms with Crippen LogP contribution in [0, 0.1) is 22.7 Å². The van der Waals surface area contributed by atoms with Crippen LogP contribution < -0.4 is 25.2 Å². The molecule has 2 N–H and O–H groups in total. The molecule has 2 heterocycles. The average molecular weight is 545 g/mol. The molecule has 0 bridgehead atoms. The molecule has 4 saturated carbocycles. The van der Waals surface area contributed by atoms with E-state index in [1.54, 1.807) is 24.3 Å². The topological polar surface area (TPSA) is 99.7 Å². The molecule has 0 radical (unpaired) electrons. The van der Waals surface area contributed by atoms with Gasteiger partial charge in [0, 0.05) is 31.2 Å². The number of fused-ring (bicyclic) bond motifs is 1. The smallest absolute Gasteiger partial charge is 0.251 e. The zero-order valence-corrected chi connectivity index (χ0v) is 24.0. The molecule has 9 heteroatoms. The molecule has 1 aromatic heterocycles. The zero-order valence-electron chi connectivity index (χ0n) is 24.0. The predicted molar refractivity (Wildman–Crippen MR) is 154 cm³/mol. The maximum Gasteiger partial charge on any atom is 0.251 e. The van der Waals surface area contributed by atoms with E-state index in [2.05, 4.69) is 20.5 Å². The average Bonchev–Trinajstić information content (AvgIpc) is 3.30. The second kappa shape index (κ2) is 9.08. The number of aromatic nitrogens is 2. The number of carbonyl (C=O) groups is 2. The minimum atomic E-state index is -0.538. The van der Waals surface area contributed by atoms with Gasteiger partial charge in [0.05, 0.1) is 24.4 Å². The highest BCUT2D eigenvalue weighted by atomic mass is 16.5. The third-order valence-electron chi connectivity index (χ3n) is 10.6. The van der Waals surface area contributed by atoms with Gasteiger partial charge in [-0.2, -0.15) is 4.98 Å². The van der Waals surface area contributed by atoms with E-state index in [9.17, 15) is 9.59 Å². The molecule has 4 fully saturated rings. The quantitative estimate of drug-likeness (QED) is 0.534. The highest BCUT2D eigenvalue weighted by molar-refractivity contribution is 6.01. The van der Waals surface area contributed by atoms with Crippen LogP contribution in [0.15, 0.2) is 24.4 Å². The fourth-order valence-corrected chi connectivity index (χ4v) is 8.29. The number of anilines is 4. The van der Waals surface area contributed by atoms with Crippen molar-refractivity contribution in [1.82, 2.24) is 15.3 Å². The molecule has 7 rings (SSSR count). The van der Waals surface area contributed by atoms with E-state index in [1.165, 1.54) is 32.1 Å². The van der Waals surface area contributed by atoms with Gasteiger partial charge >= 0.3 is 0 Å². The molecule has 2 amide bonds. The van der Waals surface area contributed by atoms with Gasteiger partial charge in [-0.15, -0.1) is 0 Å². The Morgan fingerprint density at radius 2 is 1.93 bits per heavy atom. The van der Waals surface area contributed by atoms with Gasteiger partial charge in [0.2, 0.25) is 11.9 Å². The maximum atomic E-state index is 13.3. The minimum Gasteiger partial charge on any atom is -0.495 e. The van der Waals surface area contributed by atoms with Gasteiger partial charge in [0.25, 0.3) is 5.91 Å². The Hall–Kier alpha value is -3.36. The number of benzene rings is 1. The number of methoxy groups -OCH3 is 1. The van der Waals surface area contributed by atoms with Crippen LogP contribution in [-0.2, 0) is 4.79 Å². The monoisotopic (exact) mass is 544 g/mol. The molecule has 212 valence electrons. The molecule has 1 aliphatic heterocycles. The van der Waals surface area contributed by atoms with E-state index in [0.717, 1.165) is 36.7 Å². The number of amides is 2. The fourth-order valence-electron chi connectivity index (χ4n) is 8.29. The summed E-state index contributed by atoms with van der Waals surface area (Å²) in [5.74, 6) is 3.37. The van der Waals surface area contributed by atoms with Crippen molar-refractivity contribution in [3.05, 3.63) is 30.0 Å². The Balaban J connectivity index is 1.12. The van der Waals surface area contributed by atoms with Gasteiger partial charge in [0.15, 0.2) is 5.82 Å². The summed E-state index contributed by atoms with van der Waals surface area (Å²) in [6, 6.07) is 6.11. The standard InChI is InChI=1S/C31H40N6O3/c1-30(2)17-37(20-7-5-6-8-20)26-24(36(3)28(30)39)16-32-29(35-26)34-22-12-9-18(13-25(22)40-4)27(38)33-23-15-31-14-19(31)10-11-21(23)31/h9,12-13,16,19-21,23H,5-8,10-11,14-15,17H2,1-4H3,(H,33,38)(H,32,34,35). The van der Waals surface area contributed by atoms with Crippen LogP contribution in [0.5, 0.6) is 5.75 Å². The van der Waals surface area contributed by atoms with E-state index in [1.807, 2.05) is 33.0 Å². The Labute approximate surface area is 236 Å². The highest BCUT2D eigenvalue weighted by Crippen LogP contribution is 2.75. The van der Waals surface area contributed by atoms with Crippen molar-refractivity contribution in [3.8, 4) is 5.75 Å². The van der Waals surface area contributed by atoms with Crippen molar-refractivity contribution in [1.29, 1.82) is 0 Å². The Morgan fingerprint density at radius 1 is 1.12 bits per heavy atom. The second-order valence-corrected chi connectivity index (χ2v) is 13.4. The van der Waals surface area contributed by atoms with Gasteiger partial charge in [0.1, 0.15) is 11.4 Å². The molecule has 0 saturated heterocycles. The third-order valence-corrected chi connectivity index (χ3v) is 10.6. The molecule has 1 aromatic carbocycles. The molecule has 4 unspecified atom stereocenters. The molecule has 5 aliphatic rings. The van der Waals surface area contributed by atoms with Gasteiger partial charge in [-0.25, -0.2) is 4.98 Å². The number of hydrogen-bond acceptors (Lipinski definition) is 7. The van der Waals surface area contributed by atoms with Crippen LogP contribution in [0.1, 0.15) is 75.6 Å². The second-order valence-electron chi connectivity index (χ2n) is 13.4. The lowest BCUT2D eigenvalue weighted by Crippen LogP contribution is -2.52. The summed E-state index contributed by atoms with van der Waals surface area (Å²) in [5, 5.41) is 6.60. The van der Waals surface area contributed by atoms with Crippen LogP contribution in [0.2, 0.25) is 0 Å². The van der Waals surface area contributed by atoms with Crippen molar-refractivity contribution in [2.75, 3.05) is 35.8 Å². The fraction of sp³-hybridized carbons (Fsp3) is 0.613. The first-order valence-electron chi connectivity index (χ1n) is 14.9. The van der Waals surface area contributed by atoms with E-state index >= 15 is 0 Å². The predicted octanol–water partition coefficient (Wildman–Crippen LogP) is 4.90. The van der Waals surface area contributed by atoms with Crippen LogP contribution in [-0.4, -0.2) is 54.6 Å². The molecule has 4 atom stereocenters. The molecule has 2 aromatic rings. The first-order valence-corrected chi connectivity index (χ1v) is 14.9. The number of carbonyl (C=O) groups excluding carboxylic acids is 2. The highest BCUT2D eigenvalue weighted by Gasteiger charge is 2.71. The summed E-state index contributed by atoms with van der Waals surface area (Å²) >= 11 is 0. The summed E-state index contributed by atoms with van der Waals surface area (Å²) < 4.78 is 5.68. The summed E-state index contributed by atoms with van der Waals surface area (Å²) in [4.78, 5) is 39.9. The lowest BCUT2D eigenvalue weighted by atomic mass is 9.67. The van der Waals surface area contributed by atoms with Crippen LogP contribution in [0.25, 0.3) is 0 Å². The Morgan fingerprint density at radius 3 is 2.65 bits per heavy atom. The molecule has 9 nitrogen and oxygen atoms in total. The van der Waals surface area contributed by atoms with Gasteiger partial charge in [-0.3, -0.25) is 9.59 Å². The largest absolute Gasteiger partial charge is 0.495 e. The van der Waals surface area contributed by atoms with Crippen LogP contribution >= 0.6 is 0 Å². The van der Waals surface area contributed by atoms with Crippen LogP contribution in [0.3, 0.4) is 0 Å². The SMILES string of the molecule is COc1cc(C(=O)NC2CC34CC3CCC24)ccc1Nc1ncc2c(n1)N(C1CCCC1)CC(C)(C)C(=O)N2C. The van der Waals surface area contributed by atoms with Gasteiger partial charge in [-0.05, 0) is 87.8 Å². The number of nitrogens with zero attached hydrogens (tertiary/aromatic N) is 4. The molecule has 1 spiro atoms. The van der Waals surface area contributed by atoms with E-state index in [4.69, 9.17) is 9.72 Å². The molecular formula is C31H40N6O3. The van der Waals surface area contributed by atoms with E-state index in [0.29, 0.717) is 52.9 Å². The first kappa shape index (κ1) is 25.6. The lowest BCUT2D eigenvalue weighted by Gasteiger charge is -2.44. The summed E-state index contributed by atoms with van der Waals surface area (Å²) in [6.45, 7) is 4.63. The van der Waals surface area contributed by atoms with E-state index in [-0.39, 0.29) is 11.8 Å². The van der Waals surface area contributed by atoms with Gasteiger partial charge < -0.3 is 25.2 Å². The first-order chi connectivity index (χ1) is 19.2. The molecular weight excluding hydrogens is 504 g/mol. The number of hydrogen-bond donors (Lipinski definition) is 2. The Kier molecular flexibility index (Phi) is 5.81. The summed E-state index contributed by atoms with van der Waals surface area (Å²) in [6.07, 6.45) is 11.4. The normalized spacial score (nSPS) is 30.1. The van der Waals surface area contributed by atoms with Crippen molar-refractivity contribution in [2.24, 2.45) is 22.7 Å². The van der Waals surface area contributed by atoms with Gasteiger partial charge in [-0.1, -0.05) is 12.8 Å². The maximum absolute atomic E-state index is 13.3. The molecule has 4 aliphatic carbocycles. The number of ether oxygens (including phenoxy) is 1. The number of rotatable bonds is 6. The number of nitrogens with one attached hydrogen (secondary N) is 2. The van der Waals surface area contributed by atoms with Crippen molar-refractivity contribution in [2.45, 2.75) is 77.3 Å². The van der Waals surface area contributed by atoms with Crippen LogP contribution in [0.4, 0.5) is 23.1 Å². The van der Waals surface area contributed by atoms with Crippen molar-refractivity contribution >= 4 is 35.0 Å². The van der Waals surface area contributed by atoms with Crippen molar-refractivity contribution in [3.63, 3.8) is 0 Å². The third kappa shape index (κ3) is 3.95. The van der Waals surface area contributed by atoms with Crippen molar-refractivity contribution < 1.29 is 14.3 Å².